The molecule has 0 bridgehead atoms. The summed E-state index contributed by atoms with van der Waals surface area (Å²) in [5.41, 5.74) is 1.04. The number of halogens is 2. The molecule has 2 aromatic carbocycles. The topological polar surface area (TPSA) is 96.0 Å². The molecular weight excluding hydrogens is 561 g/mol. The highest BCUT2D eigenvalue weighted by atomic mass is 35.5. The van der Waals surface area contributed by atoms with Crippen LogP contribution in [0.25, 0.3) is 0 Å². The molecule has 1 fully saturated rings. The van der Waals surface area contributed by atoms with Gasteiger partial charge in [-0.2, -0.15) is 0 Å². The normalized spacial score (nSPS) is 14.9. The quantitative estimate of drug-likeness (QED) is 0.352. The lowest BCUT2D eigenvalue weighted by molar-refractivity contribution is -0.141. The maximum absolute atomic E-state index is 13.5. The molecule has 214 valence electrons. The number of amides is 2. The van der Waals surface area contributed by atoms with Crippen LogP contribution in [0.15, 0.2) is 42.5 Å². The molecule has 0 radical (unpaired) electrons. The molecule has 1 N–H and O–H groups in total. The van der Waals surface area contributed by atoms with Crippen molar-refractivity contribution in [3.63, 3.8) is 0 Å². The number of methoxy groups -OCH3 is 1. The molecular formula is C28H37Cl2N3O5S. The number of benzene rings is 2. The second-order valence-corrected chi connectivity index (χ2v) is 12.6. The number of hydrogen-bond donors (Lipinski definition) is 1. The first-order valence-electron chi connectivity index (χ1n) is 13.2. The van der Waals surface area contributed by atoms with E-state index >= 15 is 0 Å². The van der Waals surface area contributed by atoms with Crippen LogP contribution in [0.4, 0.5) is 5.69 Å². The van der Waals surface area contributed by atoms with Crippen molar-refractivity contribution >= 4 is 50.7 Å². The molecule has 1 aliphatic carbocycles. The van der Waals surface area contributed by atoms with Gasteiger partial charge in [0.1, 0.15) is 11.8 Å². The van der Waals surface area contributed by atoms with Crippen LogP contribution in [0.3, 0.4) is 0 Å². The zero-order chi connectivity index (χ0) is 28.6. The summed E-state index contributed by atoms with van der Waals surface area (Å²) in [5, 5.41) is 3.91. The average molecular weight is 599 g/mol. The fraction of sp³-hybridized carbons (Fsp3) is 0.500. The average Bonchev–Trinajstić information content (AvgIpc) is 2.90. The molecule has 0 heterocycles. The third-order valence-corrected chi connectivity index (χ3v) is 8.92. The van der Waals surface area contributed by atoms with E-state index in [1.165, 1.54) is 22.7 Å². The number of nitrogens with zero attached hydrogens (tertiary/aromatic N) is 2. The maximum Gasteiger partial charge on any atom is 0.242 e. The van der Waals surface area contributed by atoms with Crippen molar-refractivity contribution in [2.45, 2.75) is 70.5 Å². The van der Waals surface area contributed by atoms with E-state index in [0.717, 1.165) is 31.9 Å². The van der Waals surface area contributed by atoms with E-state index in [1.807, 2.05) is 0 Å². The Bertz CT molecular complexity index is 1210. The van der Waals surface area contributed by atoms with Crippen molar-refractivity contribution in [1.82, 2.24) is 10.2 Å². The number of sulfonamides is 1. The third-order valence-electron chi connectivity index (χ3n) is 7.02. The Hall–Kier alpha value is -2.49. The van der Waals surface area contributed by atoms with E-state index < -0.39 is 16.1 Å². The van der Waals surface area contributed by atoms with Crippen LogP contribution >= 0.6 is 23.2 Å². The van der Waals surface area contributed by atoms with Gasteiger partial charge in [-0.15, -0.1) is 0 Å². The van der Waals surface area contributed by atoms with Gasteiger partial charge in [-0.25, -0.2) is 8.42 Å². The van der Waals surface area contributed by atoms with Gasteiger partial charge < -0.3 is 15.0 Å². The lowest BCUT2D eigenvalue weighted by atomic mass is 9.95. The SMILES string of the molecule is COc1ccc(N(CCCC(=O)N(Cc2c(Cl)cccc2Cl)C(C)C(=O)NC2CCCCC2)S(C)(=O)=O)cc1. The summed E-state index contributed by atoms with van der Waals surface area (Å²) in [6.45, 7) is 1.85. The third kappa shape index (κ3) is 8.75. The molecule has 1 saturated carbocycles. The van der Waals surface area contributed by atoms with Crippen LogP contribution in [-0.4, -0.2) is 57.1 Å². The van der Waals surface area contributed by atoms with Crippen LogP contribution in [0.5, 0.6) is 5.75 Å². The highest BCUT2D eigenvalue weighted by molar-refractivity contribution is 7.92. The minimum atomic E-state index is -3.59. The molecule has 1 unspecified atom stereocenters. The van der Waals surface area contributed by atoms with Crippen LogP contribution in [0.1, 0.15) is 57.4 Å². The smallest absolute Gasteiger partial charge is 0.242 e. The highest BCUT2D eigenvalue weighted by Gasteiger charge is 2.29. The van der Waals surface area contributed by atoms with E-state index in [9.17, 15) is 18.0 Å². The first-order valence-corrected chi connectivity index (χ1v) is 15.8. The van der Waals surface area contributed by atoms with Gasteiger partial charge in [-0.1, -0.05) is 48.5 Å². The monoisotopic (exact) mass is 597 g/mol. The van der Waals surface area contributed by atoms with Crippen LogP contribution < -0.4 is 14.4 Å². The standard InChI is InChI=1S/C28H37Cl2N3O5S/c1-20(28(35)31-21-9-5-4-6-10-21)32(19-24-25(29)11-7-12-26(24)30)27(34)13-8-18-33(39(3,36)37)22-14-16-23(38-2)17-15-22/h7,11-12,14-17,20-21H,4-6,8-10,13,18-19H2,1-3H3,(H,31,35). The molecule has 1 aliphatic rings. The molecule has 2 aromatic rings. The lowest BCUT2D eigenvalue weighted by Gasteiger charge is -2.32. The van der Waals surface area contributed by atoms with Crippen molar-refractivity contribution in [3.05, 3.63) is 58.1 Å². The molecule has 0 aromatic heterocycles. The van der Waals surface area contributed by atoms with Crippen molar-refractivity contribution in [1.29, 1.82) is 0 Å². The Morgan fingerprint density at radius 3 is 2.23 bits per heavy atom. The largest absolute Gasteiger partial charge is 0.497 e. The summed E-state index contributed by atoms with van der Waals surface area (Å²) in [6, 6.07) is 11.1. The van der Waals surface area contributed by atoms with Gasteiger partial charge in [0, 0.05) is 41.2 Å². The molecule has 8 nitrogen and oxygen atoms in total. The van der Waals surface area contributed by atoms with Crippen LogP contribution in [0.2, 0.25) is 10.0 Å². The Balaban J connectivity index is 1.75. The van der Waals surface area contributed by atoms with Gasteiger partial charge in [0.15, 0.2) is 0 Å². The molecule has 1 atom stereocenters. The second-order valence-electron chi connectivity index (χ2n) is 9.88. The molecule has 0 spiro atoms. The zero-order valence-corrected chi connectivity index (χ0v) is 25.0. The van der Waals surface area contributed by atoms with E-state index in [2.05, 4.69) is 5.32 Å². The number of carbonyl (C=O) groups excluding carboxylic acids is 2. The molecule has 39 heavy (non-hydrogen) atoms. The van der Waals surface area contributed by atoms with Crippen molar-refractivity contribution < 1.29 is 22.7 Å². The number of rotatable bonds is 12. The van der Waals surface area contributed by atoms with Gasteiger partial charge in [0.2, 0.25) is 21.8 Å². The van der Waals surface area contributed by atoms with Crippen LogP contribution in [0, 0.1) is 0 Å². The fourth-order valence-corrected chi connectivity index (χ4v) is 6.24. The Morgan fingerprint density at radius 1 is 1.05 bits per heavy atom. The Labute approximate surface area is 241 Å². The molecule has 0 aliphatic heterocycles. The number of ether oxygens (including phenoxy) is 1. The summed E-state index contributed by atoms with van der Waals surface area (Å²) >= 11 is 12.8. The van der Waals surface area contributed by atoms with Crippen molar-refractivity contribution in [2.75, 3.05) is 24.2 Å². The minimum Gasteiger partial charge on any atom is -0.497 e. The fourth-order valence-electron chi connectivity index (χ4n) is 4.76. The first kappa shape index (κ1) is 31.0. The number of hydrogen-bond acceptors (Lipinski definition) is 5. The van der Waals surface area contributed by atoms with E-state index in [1.54, 1.807) is 49.4 Å². The van der Waals surface area contributed by atoms with Gasteiger partial charge >= 0.3 is 0 Å². The van der Waals surface area contributed by atoms with Crippen molar-refractivity contribution in [2.24, 2.45) is 0 Å². The predicted octanol–water partition coefficient (Wildman–Crippen LogP) is 5.41. The highest BCUT2D eigenvalue weighted by Crippen LogP contribution is 2.28. The van der Waals surface area contributed by atoms with Gasteiger partial charge in [0.05, 0.1) is 19.1 Å². The Kier molecular flexibility index (Phi) is 11.3. The summed E-state index contributed by atoms with van der Waals surface area (Å²) in [7, 11) is -2.06. The predicted molar refractivity (Wildman–Crippen MR) is 156 cm³/mol. The van der Waals surface area contributed by atoms with Gasteiger partial charge in [-0.3, -0.25) is 13.9 Å². The first-order chi connectivity index (χ1) is 18.5. The molecule has 11 heteroatoms. The second kappa shape index (κ2) is 14.2. The number of carbonyl (C=O) groups is 2. The number of anilines is 1. The zero-order valence-electron chi connectivity index (χ0n) is 22.7. The van der Waals surface area contributed by atoms with E-state index in [4.69, 9.17) is 27.9 Å². The molecule has 2 amide bonds. The van der Waals surface area contributed by atoms with Gasteiger partial charge in [0.25, 0.3) is 0 Å². The molecule has 3 rings (SSSR count). The van der Waals surface area contributed by atoms with Crippen LogP contribution in [-0.2, 0) is 26.2 Å². The maximum atomic E-state index is 13.5. The minimum absolute atomic E-state index is 0.0330. The van der Waals surface area contributed by atoms with Gasteiger partial charge in [-0.05, 0) is 62.6 Å². The summed E-state index contributed by atoms with van der Waals surface area (Å²) in [5.74, 6) is 0.0895. The Morgan fingerprint density at radius 2 is 1.67 bits per heavy atom. The van der Waals surface area contributed by atoms with E-state index in [0.29, 0.717) is 27.0 Å². The summed E-state index contributed by atoms with van der Waals surface area (Å²) in [6.07, 6.45) is 6.57. The molecule has 0 saturated heterocycles. The lowest BCUT2D eigenvalue weighted by Crippen LogP contribution is -2.50. The van der Waals surface area contributed by atoms with Crippen molar-refractivity contribution in [3.8, 4) is 5.75 Å². The number of nitrogens with one attached hydrogen (secondary N) is 1. The summed E-state index contributed by atoms with van der Waals surface area (Å²) in [4.78, 5) is 28.2. The van der Waals surface area contributed by atoms with E-state index in [-0.39, 0.29) is 43.8 Å². The summed E-state index contributed by atoms with van der Waals surface area (Å²) < 4.78 is 31.4.